The molecular weight excluding hydrogens is 1200 g/mol. The maximum atomic E-state index is 5.94. The summed E-state index contributed by atoms with van der Waals surface area (Å²) in [6.07, 6.45) is 0. The molecule has 5 heteroatoms. The molecule has 0 N–H and O–H groups in total. The molecular formula is C94H63BN4. The summed E-state index contributed by atoms with van der Waals surface area (Å²) in [7, 11) is 0. The second kappa shape index (κ2) is 25.3. The number of fused-ring (bicyclic) bond motifs is 4. The molecule has 0 spiro atoms. The summed E-state index contributed by atoms with van der Waals surface area (Å²) in [5, 5.41) is 0. The van der Waals surface area contributed by atoms with Gasteiger partial charge in [0.25, 0.3) is 6.71 Å². The second-order valence-corrected chi connectivity index (χ2v) is 25.7. The second-order valence-electron chi connectivity index (χ2n) is 25.7. The lowest BCUT2D eigenvalue weighted by atomic mass is 9.33. The van der Waals surface area contributed by atoms with Crippen LogP contribution in [0.1, 0.15) is 0 Å². The van der Waals surface area contributed by atoms with Crippen molar-refractivity contribution in [3.05, 3.63) is 382 Å². The smallest absolute Gasteiger partial charge is 0.252 e. The van der Waals surface area contributed by atoms with Crippen molar-refractivity contribution >= 4 is 57.2 Å². The van der Waals surface area contributed by atoms with E-state index in [2.05, 4.69) is 392 Å². The summed E-state index contributed by atoms with van der Waals surface area (Å²) in [5.74, 6) is 0.597. The Balaban J connectivity index is 0.957. The molecule has 2 aliphatic rings. The first-order valence-corrected chi connectivity index (χ1v) is 34.0. The number of aromatic nitrogens is 2. The Morgan fingerprint density at radius 3 is 0.687 bits per heavy atom. The van der Waals surface area contributed by atoms with Crippen LogP contribution in [-0.4, -0.2) is 16.7 Å². The zero-order chi connectivity index (χ0) is 65.6. The molecule has 462 valence electrons. The predicted molar refractivity (Wildman–Crippen MR) is 416 cm³/mol. The van der Waals surface area contributed by atoms with Crippen molar-refractivity contribution in [2.75, 3.05) is 9.80 Å². The van der Waals surface area contributed by atoms with E-state index in [1.54, 1.807) is 0 Å². The summed E-state index contributed by atoms with van der Waals surface area (Å²) in [6, 6.07) is 139. The average molecular weight is 1260 g/mol. The molecule has 0 atom stereocenters. The van der Waals surface area contributed by atoms with Gasteiger partial charge in [0.05, 0.1) is 11.4 Å². The third kappa shape index (κ3) is 11.2. The number of rotatable bonds is 13. The highest BCUT2D eigenvalue weighted by molar-refractivity contribution is 7.00. The van der Waals surface area contributed by atoms with Gasteiger partial charge in [-0.2, -0.15) is 0 Å². The minimum atomic E-state index is -0.155. The summed E-state index contributed by atoms with van der Waals surface area (Å²) < 4.78 is 0. The zero-order valence-electron chi connectivity index (χ0n) is 54.2. The fourth-order valence-electron chi connectivity index (χ4n) is 14.9. The van der Waals surface area contributed by atoms with Gasteiger partial charge in [-0.1, -0.05) is 279 Å². The lowest BCUT2D eigenvalue weighted by Gasteiger charge is -2.44. The van der Waals surface area contributed by atoms with Crippen LogP contribution < -0.4 is 26.2 Å². The molecule has 4 nitrogen and oxygen atoms in total. The van der Waals surface area contributed by atoms with E-state index in [1.165, 1.54) is 16.4 Å². The standard InChI is InChI=1S/C94H63BN4/c1-9-29-64(30-10-1)72-49-73(65-31-11-2-12-32-65)54-80(53-72)87-63-88(81-55-74(66-33-13-3-14-34-66)50-75(56-81)67-35-15-4-16-36-67)97-94(96-87)82-61-91-93-92(62-82)99(84-59-78(70-41-21-7-22-42-70)52-79(60-84)71-43-23-8-24-44-71)90-48-28-26-46-86(90)95(93)85-45-25-27-47-89(85)98(91)83-57-76(68-37-17-5-18-38-68)51-77(58-83)69-39-19-6-20-40-69/h1-63H. The lowest BCUT2D eigenvalue weighted by Crippen LogP contribution is -2.61. The van der Waals surface area contributed by atoms with E-state index >= 15 is 0 Å². The molecule has 0 saturated heterocycles. The number of anilines is 6. The fraction of sp³-hybridized carbons (Fsp3) is 0. The van der Waals surface area contributed by atoms with E-state index in [0.717, 1.165) is 151 Å². The van der Waals surface area contributed by atoms with Crippen LogP contribution in [0.25, 0.3) is 123 Å². The molecule has 1 aromatic heterocycles. The number of nitrogens with zero attached hydrogens (tertiary/aromatic N) is 4. The van der Waals surface area contributed by atoms with E-state index in [4.69, 9.17) is 9.97 Å². The van der Waals surface area contributed by atoms with Gasteiger partial charge in [-0.25, -0.2) is 9.97 Å². The van der Waals surface area contributed by atoms with Crippen molar-refractivity contribution in [2.45, 2.75) is 0 Å². The Morgan fingerprint density at radius 1 is 0.182 bits per heavy atom. The van der Waals surface area contributed by atoms with E-state index in [9.17, 15) is 0 Å². The van der Waals surface area contributed by atoms with Gasteiger partial charge in [0, 0.05) is 50.8 Å². The van der Waals surface area contributed by atoms with Crippen molar-refractivity contribution in [1.29, 1.82) is 0 Å². The quantitative estimate of drug-likeness (QED) is 0.108. The Hall–Kier alpha value is -13.0. The van der Waals surface area contributed by atoms with Crippen LogP contribution in [0.5, 0.6) is 0 Å². The maximum Gasteiger partial charge on any atom is 0.252 e. The van der Waals surface area contributed by atoms with Crippen molar-refractivity contribution in [3.63, 3.8) is 0 Å². The molecule has 3 heterocycles. The van der Waals surface area contributed by atoms with Crippen LogP contribution in [0.3, 0.4) is 0 Å². The molecule has 2 aliphatic heterocycles. The molecule has 0 unspecified atom stereocenters. The Bertz CT molecular complexity index is 5080. The molecule has 0 amide bonds. The van der Waals surface area contributed by atoms with Gasteiger partial charge in [0.15, 0.2) is 5.82 Å². The first kappa shape index (κ1) is 58.6. The summed E-state index contributed by atoms with van der Waals surface area (Å²) >= 11 is 0. The lowest BCUT2D eigenvalue weighted by molar-refractivity contribution is 1.18. The van der Waals surface area contributed by atoms with E-state index in [0.29, 0.717) is 5.82 Å². The van der Waals surface area contributed by atoms with Crippen LogP contribution in [-0.2, 0) is 0 Å². The molecule has 0 saturated carbocycles. The third-order valence-electron chi connectivity index (χ3n) is 19.5. The maximum absolute atomic E-state index is 5.94. The van der Waals surface area contributed by atoms with Crippen LogP contribution in [0.4, 0.5) is 34.1 Å². The monoisotopic (exact) mass is 1260 g/mol. The zero-order valence-corrected chi connectivity index (χ0v) is 54.2. The molecule has 99 heavy (non-hydrogen) atoms. The topological polar surface area (TPSA) is 32.3 Å². The fourth-order valence-corrected chi connectivity index (χ4v) is 14.9. The Morgan fingerprint density at radius 2 is 0.414 bits per heavy atom. The number of hydrogen-bond acceptors (Lipinski definition) is 4. The Labute approximate surface area is 578 Å². The van der Waals surface area contributed by atoms with Crippen molar-refractivity contribution < 1.29 is 0 Å². The molecule has 0 radical (unpaired) electrons. The van der Waals surface area contributed by atoms with Gasteiger partial charge < -0.3 is 9.80 Å². The van der Waals surface area contributed by atoms with E-state index in [-0.39, 0.29) is 6.71 Å². The summed E-state index contributed by atoms with van der Waals surface area (Å²) in [6.45, 7) is -0.155. The first-order valence-electron chi connectivity index (χ1n) is 34.0. The van der Waals surface area contributed by atoms with Crippen molar-refractivity contribution in [3.8, 4) is 123 Å². The van der Waals surface area contributed by atoms with Crippen molar-refractivity contribution in [2.24, 2.45) is 0 Å². The molecule has 0 bridgehead atoms. The molecule has 15 aromatic carbocycles. The first-order chi connectivity index (χ1) is 49.0. The predicted octanol–water partition coefficient (Wildman–Crippen LogP) is 22.9. The highest BCUT2D eigenvalue weighted by Gasteiger charge is 2.44. The van der Waals surface area contributed by atoms with Gasteiger partial charge in [-0.15, -0.1) is 0 Å². The van der Waals surface area contributed by atoms with E-state index < -0.39 is 0 Å². The molecule has 0 aliphatic carbocycles. The number of para-hydroxylation sites is 2. The SMILES string of the molecule is c1ccc(-c2cc(-c3ccccc3)cc(-c3cc(-c4cc(-c5ccccc5)cc(-c5ccccc5)c4)nc(-c4cc5c6c(c4)N(c4cc(-c7ccccc7)cc(-c7ccccc7)c4)c4ccccc4B6c4ccccc4N5c4cc(-c5ccccc5)cc(-c5ccccc5)c4)n3)c2)cc1. The molecule has 0 fully saturated rings. The molecule has 16 aromatic rings. The Kier molecular flexibility index (Phi) is 15.0. The third-order valence-corrected chi connectivity index (χ3v) is 19.5. The van der Waals surface area contributed by atoms with Gasteiger partial charge in [0.2, 0.25) is 0 Å². The summed E-state index contributed by atoms with van der Waals surface area (Å²) in [5.41, 5.74) is 32.4. The number of hydrogen-bond donors (Lipinski definition) is 0. The van der Waals surface area contributed by atoms with Gasteiger partial charge in [-0.3, -0.25) is 0 Å². The van der Waals surface area contributed by atoms with Crippen LogP contribution in [0.15, 0.2) is 382 Å². The van der Waals surface area contributed by atoms with Crippen LogP contribution in [0, 0.1) is 0 Å². The average Bonchev–Trinajstić information content (AvgIpc) is 0.697. The van der Waals surface area contributed by atoms with Gasteiger partial charge in [0.1, 0.15) is 0 Å². The highest BCUT2D eigenvalue weighted by Crippen LogP contribution is 2.49. The minimum Gasteiger partial charge on any atom is -0.311 e. The highest BCUT2D eigenvalue weighted by atomic mass is 15.2. The van der Waals surface area contributed by atoms with Crippen molar-refractivity contribution in [1.82, 2.24) is 9.97 Å². The van der Waals surface area contributed by atoms with Gasteiger partial charge in [-0.05, 0) is 209 Å². The van der Waals surface area contributed by atoms with Crippen LogP contribution >= 0.6 is 0 Å². The normalized spacial score (nSPS) is 12.0. The number of benzene rings is 15. The summed E-state index contributed by atoms with van der Waals surface area (Å²) in [4.78, 5) is 17.0. The minimum absolute atomic E-state index is 0.155. The van der Waals surface area contributed by atoms with Crippen LogP contribution in [0.2, 0.25) is 0 Å². The largest absolute Gasteiger partial charge is 0.311 e. The van der Waals surface area contributed by atoms with E-state index in [1.807, 2.05) is 0 Å². The van der Waals surface area contributed by atoms with Gasteiger partial charge >= 0.3 is 0 Å². The molecule has 18 rings (SSSR count).